The highest BCUT2D eigenvalue weighted by atomic mass is 32.2. The highest BCUT2D eigenvalue weighted by Gasteiger charge is 2.30. The van der Waals surface area contributed by atoms with Crippen LogP contribution in [-0.2, 0) is 10.0 Å². The van der Waals surface area contributed by atoms with Crippen LogP contribution in [0.1, 0.15) is 11.1 Å². The lowest BCUT2D eigenvalue weighted by Crippen LogP contribution is -2.51. The molecular weight excluding hydrogens is 394 g/mol. The number of hydrogen-bond donors (Lipinski definition) is 1. The van der Waals surface area contributed by atoms with E-state index in [0.29, 0.717) is 36.2 Å². The predicted molar refractivity (Wildman–Crippen MR) is 115 cm³/mol. The summed E-state index contributed by atoms with van der Waals surface area (Å²) in [5, 5.41) is 3.79. The van der Waals surface area contributed by atoms with E-state index in [0.717, 1.165) is 22.6 Å². The number of sulfonamides is 1. The molecule has 0 saturated carbocycles. The molecule has 8 heteroatoms. The highest BCUT2D eigenvalue weighted by Crippen LogP contribution is 2.22. The van der Waals surface area contributed by atoms with Gasteiger partial charge in [0.2, 0.25) is 10.0 Å². The molecule has 1 N–H and O–H groups in total. The maximum atomic E-state index is 13.0. The number of anilines is 1. The number of thiocarbonyl (C=S) groups is 1. The molecule has 2 aromatic rings. The molecule has 3 rings (SSSR count). The van der Waals surface area contributed by atoms with E-state index in [1.165, 1.54) is 4.31 Å². The third-order valence-electron chi connectivity index (χ3n) is 4.82. The molecule has 1 aliphatic heterocycles. The van der Waals surface area contributed by atoms with E-state index < -0.39 is 10.0 Å². The van der Waals surface area contributed by atoms with Gasteiger partial charge in [0.15, 0.2) is 5.11 Å². The van der Waals surface area contributed by atoms with Gasteiger partial charge in [-0.3, -0.25) is 0 Å². The normalized spacial score (nSPS) is 15.3. The van der Waals surface area contributed by atoms with Crippen molar-refractivity contribution in [3.8, 4) is 5.75 Å². The van der Waals surface area contributed by atoms with E-state index in [1.54, 1.807) is 13.2 Å². The molecule has 1 aliphatic rings. The van der Waals surface area contributed by atoms with E-state index in [9.17, 15) is 8.42 Å². The molecule has 0 spiro atoms. The van der Waals surface area contributed by atoms with Crippen molar-refractivity contribution >= 4 is 33.0 Å². The summed E-state index contributed by atoms with van der Waals surface area (Å²) in [5.41, 5.74) is 2.70. The van der Waals surface area contributed by atoms with E-state index in [-0.39, 0.29) is 0 Å². The second-order valence-electron chi connectivity index (χ2n) is 6.82. The molecule has 150 valence electrons. The van der Waals surface area contributed by atoms with Gasteiger partial charge in [-0.25, -0.2) is 8.42 Å². The van der Waals surface area contributed by atoms with Crippen molar-refractivity contribution in [2.45, 2.75) is 18.7 Å². The summed E-state index contributed by atoms with van der Waals surface area (Å²) >= 11 is 5.49. The van der Waals surface area contributed by atoms with Crippen molar-refractivity contribution in [2.75, 3.05) is 38.6 Å². The third-order valence-corrected chi connectivity index (χ3v) is 7.23. The van der Waals surface area contributed by atoms with Crippen molar-refractivity contribution in [3.05, 3.63) is 53.6 Å². The Bertz CT molecular complexity index is 951. The number of nitrogens with zero attached hydrogens (tertiary/aromatic N) is 2. The Morgan fingerprint density at radius 1 is 1.04 bits per heavy atom. The number of benzene rings is 2. The van der Waals surface area contributed by atoms with Gasteiger partial charge in [-0.15, -0.1) is 0 Å². The van der Waals surface area contributed by atoms with Crippen molar-refractivity contribution in [2.24, 2.45) is 0 Å². The first-order chi connectivity index (χ1) is 13.3. The Balaban J connectivity index is 1.62. The van der Waals surface area contributed by atoms with Crippen LogP contribution in [-0.4, -0.2) is 56.0 Å². The van der Waals surface area contributed by atoms with Crippen LogP contribution in [0.5, 0.6) is 5.75 Å². The number of rotatable bonds is 4. The molecule has 2 aromatic carbocycles. The van der Waals surface area contributed by atoms with Gasteiger partial charge in [0, 0.05) is 31.9 Å². The first-order valence-electron chi connectivity index (χ1n) is 9.08. The maximum absolute atomic E-state index is 13.0. The van der Waals surface area contributed by atoms with Crippen LogP contribution in [0.2, 0.25) is 0 Å². The molecule has 28 heavy (non-hydrogen) atoms. The Morgan fingerprint density at radius 2 is 1.68 bits per heavy atom. The van der Waals surface area contributed by atoms with E-state index >= 15 is 0 Å². The van der Waals surface area contributed by atoms with Gasteiger partial charge in [0.1, 0.15) is 5.75 Å². The first-order valence-corrected chi connectivity index (χ1v) is 10.9. The van der Waals surface area contributed by atoms with E-state index in [4.69, 9.17) is 17.0 Å². The minimum absolute atomic E-state index is 0.380. The standard InChI is InChI=1S/C20H25N3O3S2/c1-15-4-9-19(16(2)14-15)28(24,25)23-12-10-22(11-13-23)20(27)21-17-5-7-18(26-3)8-6-17/h4-9,14H,10-13H2,1-3H3,(H,21,27). The summed E-state index contributed by atoms with van der Waals surface area (Å²) < 4.78 is 32.7. The van der Waals surface area contributed by atoms with Crippen molar-refractivity contribution < 1.29 is 13.2 Å². The number of aryl methyl sites for hydroxylation is 2. The van der Waals surface area contributed by atoms with Gasteiger partial charge in [0.05, 0.1) is 12.0 Å². The molecule has 6 nitrogen and oxygen atoms in total. The van der Waals surface area contributed by atoms with Crippen LogP contribution >= 0.6 is 12.2 Å². The van der Waals surface area contributed by atoms with E-state index in [2.05, 4.69) is 5.32 Å². The second-order valence-corrected chi connectivity index (χ2v) is 9.11. The average Bonchev–Trinajstić information content (AvgIpc) is 2.68. The molecule has 0 aliphatic carbocycles. The first kappa shape index (κ1) is 20.6. The van der Waals surface area contributed by atoms with Crippen molar-refractivity contribution in [1.82, 2.24) is 9.21 Å². The zero-order chi connectivity index (χ0) is 20.3. The number of piperazine rings is 1. The summed E-state index contributed by atoms with van der Waals surface area (Å²) in [7, 11) is -1.87. The molecule has 1 saturated heterocycles. The molecule has 0 atom stereocenters. The monoisotopic (exact) mass is 419 g/mol. The zero-order valence-corrected chi connectivity index (χ0v) is 17.9. The minimum atomic E-state index is -3.50. The molecule has 0 radical (unpaired) electrons. The Morgan fingerprint density at radius 3 is 2.25 bits per heavy atom. The fourth-order valence-electron chi connectivity index (χ4n) is 3.24. The largest absolute Gasteiger partial charge is 0.497 e. The molecule has 1 heterocycles. The van der Waals surface area contributed by atoms with Crippen LogP contribution in [0.3, 0.4) is 0 Å². The Hall–Kier alpha value is -2.16. The Kier molecular flexibility index (Phi) is 6.22. The second kappa shape index (κ2) is 8.46. The van der Waals surface area contributed by atoms with Crippen molar-refractivity contribution in [1.29, 1.82) is 0 Å². The van der Waals surface area contributed by atoms with Gasteiger partial charge < -0.3 is 15.0 Å². The average molecular weight is 420 g/mol. The fraction of sp³-hybridized carbons (Fsp3) is 0.350. The van der Waals surface area contributed by atoms with Crippen LogP contribution in [0.15, 0.2) is 47.4 Å². The molecular formula is C20H25N3O3S2. The molecule has 0 amide bonds. The minimum Gasteiger partial charge on any atom is -0.497 e. The van der Waals surface area contributed by atoms with Crippen LogP contribution in [0, 0.1) is 13.8 Å². The van der Waals surface area contributed by atoms with Gasteiger partial charge in [-0.1, -0.05) is 17.7 Å². The highest BCUT2D eigenvalue weighted by molar-refractivity contribution is 7.89. The summed E-state index contributed by atoms with van der Waals surface area (Å²) in [6.45, 7) is 5.70. The maximum Gasteiger partial charge on any atom is 0.243 e. The summed E-state index contributed by atoms with van der Waals surface area (Å²) in [6.07, 6.45) is 0. The smallest absolute Gasteiger partial charge is 0.243 e. The lowest BCUT2D eigenvalue weighted by atomic mass is 10.2. The van der Waals surface area contributed by atoms with Gasteiger partial charge in [-0.2, -0.15) is 4.31 Å². The topological polar surface area (TPSA) is 61.9 Å². The molecule has 1 fully saturated rings. The zero-order valence-electron chi connectivity index (χ0n) is 16.3. The number of hydrogen-bond acceptors (Lipinski definition) is 4. The van der Waals surface area contributed by atoms with Crippen LogP contribution in [0.25, 0.3) is 0 Å². The Labute approximate surface area is 172 Å². The summed E-state index contributed by atoms with van der Waals surface area (Å²) in [4.78, 5) is 2.37. The van der Waals surface area contributed by atoms with Gasteiger partial charge in [0.25, 0.3) is 0 Å². The summed E-state index contributed by atoms with van der Waals surface area (Å²) in [6, 6.07) is 12.9. The molecule has 0 unspecified atom stereocenters. The predicted octanol–water partition coefficient (Wildman–Crippen LogP) is 3.02. The molecule has 0 aromatic heterocycles. The van der Waals surface area contributed by atoms with E-state index in [1.807, 2.05) is 55.1 Å². The number of ether oxygens (including phenoxy) is 1. The number of methoxy groups -OCH3 is 1. The number of nitrogens with one attached hydrogen (secondary N) is 1. The summed E-state index contributed by atoms with van der Waals surface area (Å²) in [5.74, 6) is 0.779. The van der Waals surface area contributed by atoms with Crippen LogP contribution < -0.4 is 10.1 Å². The lowest BCUT2D eigenvalue weighted by Gasteiger charge is -2.35. The quantitative estimate of drug-likeness (QED) is 0.769. The molecule has 0 bridgehead atoms. The van der Waals surface area contributed by atoms with Gasteiger partial charge >= 0.3 is 0 Å². The van der Waals surface area contributed by atoms with Crippen LogP contribution in [0.4, 0.5) is 5.69 Å². The lowest BCUT2D eigenvalue weighted by molar-refractivity contribution is 0.268. The fourth-order valence-corrected chi connectivity index (χ4v) is 5.16. The van der Waals surface area contributed by atoms with Crippen molar-refractivity contribution in [3.63, 3.8) is 0 Å². The van der Waals surface area contributed by atoms with Gasteiger partial charge in [-0.05, 0) is 62.0 Å². The third kappa shape index (κ3) is 4.45. The SMILES string of the molecule is COc1ccc(NC(=S)N2CCN(S(=O)(=O)c3ccc(C)cc3C)CC2)cc1.